The monoisotopic (exact) mass is 445 g/mol. The van der Waals surface area contributed by atoms with Gasteiger partial charge in [-0.05, 0) is 53.9 Å². The number of carbonyl (C=O) groups excluding carboxylic acids is 2. The zero-order valence-corrected chi connectivity index (χ0v) is 19.1. The number of carbonyl (C=O) groups is 2. The molecule has 0 spiro atoms. The summed E-state index contributed by atoms with van der Waals surface area (Å²) in [6, 6.07) is 25.8. The third-order valence-electron chi connectivity index (χ3n) is 5.48. The van der Waals surface area contributed by atoms with Crippen LogP contribution in [0.4, 0.5) is 17.1 Å². The number of amides is 2. The van der Waals surface area contributed by atoms with Crippen molar-refractivity contribution in [2.24, 2.45) is 0 Å². The molecular formula is C26H27N3O2S. The van der Waals surface area contributed by atoms with Crippen molar-refractivity contribution < 1.29 is 9.59 Å². The Morgan fingerprint density at radius 2 is 1.69 bits per heavy atom. The van der Waals surface area contributed by atoms with Gasteiger partial charge in [0.25, 0.3) is 0 Å². The second kappa shape index (κ2) is 9.92. The fourth-order valence-corrected chi connectivity index (χ4v) is 4.90. The van der Waals surface area contributed by atoms with Crippen molar-refractivity contribution in [1.82, 2.24) is 0 Å². The zero-order chi connectivity index (χ0) is 22.5. The standard InChI is InChI=1S/C26H27N3O2S/c1-28(2)22-13-15-23(16-14-22)29-25(31)18-32-26(29)20-9-11-21(12-10-20)27-24(30)17-8-19-6-4-3-5-7-19/h3-7,9-16,26H,8,17-18H2,1-2H3,(H,27,30)/t26-/m1/s1. The van der Waals surface area contributed by atoms with Gasteiger partial charge in [-0.3, -0.25) is 14.5 Å². The first kappa shape index (κ1) is 22.0. The van der Waals surface area contributed by atoms with Gasteiger partial charge in [-0.15, -0.1) is 11.8 Å². The van der Waals surface area contributed by atoms with E-state index in [2.05, 4.69) is 5.32 Å². The number of hydrogen-bond acceptors (Lipinski definition) is 4. The molecule has 2 amide bonds. The maximum Gasteiger partial charge on any atom is 0.238 e. The Labute approximate surface area is 193 Å². The van der Waals surface area contributed by atoms with Crippen LogP contribution in [0.3, 0.4) is 0 Å². The van der Waals surface area contributed by atoms with E-state index in [-0.39, 0.29) is 17.2 Å². The second-order valence-corrected chi connectivity index (χ2v) is 9.06. The van der Waals surface area contributed by atoms with Crippen molar-refractivity contribution in [3.63, 3.8) is 0 Å². The molecule has 0 aliphatic carbocycles. The van der Waals surface area contributed by atoms with Gasteiger partial charge in [0.1, 0.15) is 5.37 Å². The van der Waals surface area contributed by atoms with E-state index in [4.69, 9.17) is 0 Å². The topological polar surface area (TPSA) is 52.6 Å². The van der Waals surface area contributed by atoms with E-state index < -0.39 is 0 Å². The second-order valence-electron chi connectivity index (χ2n) is 7.99. The number of benzene rings is 3. The van der Waals surface area contributed by atoms with Crippen molar-refractivity contribution in [2.75, 3.05) is 35.0 Å². The van der Waals surface area contributed by atoms with Crippen LogP contribution < -0.4 is 15.1 Å². The molecular weight excluding hydrogens is 418 g/mol. The third kappa shape index (κ3) is 5.14. The maximum absolute atomic E-state index is 12.6. The first-order chi connectivity index (χ1) is 15.5. The van der Waals surface area contributed by atoms with Crippen LogP contribution >= 0.6 is 11.8 Å². The van der Waals surface area contributed by atoms with E-state index in [0.717, 1.165) is 28.2 Å². The molecule has 1 heterocycles. The highest BCUT2D eigenvalue weighted by Gasteiger charge is 2.34. The normalized spacial score (nSPS) is 15.6. The van der Waals surface area contributed by atoms with Gasteiger partial charge in [0.2, 0.25) is 11.8 Å². The first-order valence-electron chi connectivity index (χ1n) is 10.7. The SMILES string of the molecule is CN(C)c1ccc(N2C(=O)CS[C@@H]2c2ccc(NC(=O)CCc3ccccc3)cc2)cc1. The molecule has 164 valence electrons. The highest BCUT2D eigenvalue weighted by Crippen LogP contribution is 2.42. The van der Waals surface area contributed by atoms with Crippen molar-refractivity contribution in [3.05, 3.63) is 90.0 Å². The van der Waals surface area contributed by atoms with Crippen molar-refractivity contribution >= 4 is 40.6 Å². The molecule has 1 aliphatic heterocycles. The molecule has 0 bridgehead atoms. The van der Waals surface area contributed by atoms with Crippen LogP contribution in [0.15, 0.2) is 78.9 Å². The largest absolute Gasteiger partial charge is 0.378 e. The Kier molecular flexibility index (Phi) is 6.81. The summed E-state index contributed by atoms with van der Waals surface area (Å²) in [7, 11) is 3.99. The maximum atomic E-state index is 12.6. The van der Waals surface area contributed by atoms with Crippen molar-refractivity contribution in [1.29, 1.82) is 0 Å². The summed E-state index contributed by atoms with van der Waals surface area (Å²) in [4.78, 5) is 28.8. The molecule has 1 saturated heterocycles. The molecule has 5 nitrogen and oxygen atoms in total. The Morgan fingerprint density at radius 3 is 2.34 bits per heavy atom. The number of hydrogen-bond donors (Lipinski definition) is 1. The van der Waals surface area contributed by atoms with Gasteiger partial charge in [-0.2, -0.15) is 0 Å². The molecule has 6 heteroatoms. The van der Waals surface area contributed by atoms with Crippen LogP contribution in [0.1, 0.15) is 22.9 Å². The van der Waals surface area contributed by atoms with Gasteiger partial charge in [0, 0.05) is 37.6 Å². The molecule has 1 fully saturated rings. The van der Waals surface area contributed by atoms with Gasteiger partial charge >= 0.3 is 0 Å². The van der Waals surface area contributed by atoms with Gasteiger partial charge in [0.05, 0.1) is 5.75 Å². The number of anilines is 3. The predicted octanol–water partition coefficient (Wildman–Crippen LogP) is 5.10. The highest BCUT2D eigenvalue weighted by molar-refractivity contribution is 8.00. The average molecular weight is 446 g/mol. The van der Waals surface area contributed by atoms with Crippen LogP contribution in [0.25, 0.3) is 0 Å². The fourth-order valence-electron chi connectivity index (χ4n) is 3.72. The molecule has 0 radical (unpaired) electrons. The number of rotatable bonds is 7. The number of nitrogens with zero attached hydrogens (tertiary/aromatic N) is 2. The van der Waals surface area contributed by atoms with E-state index in [1.165, 1.54) is 0 Å². The summed E-state index contributed by atoms with van der Waals surface area (Å²) in [6.45, 7) is 0. The Balaban J connectivity index is 1.41. The quantitative estimate of drug-likeness (QED) is 0.550. The van der Waals surface area contributed by atoms with E-state index >= 15 is 0 Å². The average Bonchev–Trinajstić information content (AvgIpc) is 3.20. The van der Waals surface area contributed by atoms with Gasteiger partial charge in [-0.25, -0.2) is 0 Å². The van der Waals surface area contributed by atoms with Crippen molar-refractivity contribution in [3.8, 4) is 0 Å². The molecule has 3 aromatic carbocycles. The van der Waals surface area contributed by atoms with Gasteiger partial charge in [-0.1, -0.05) is 42.5 Å². The Morgan fingerprint density at radius 1 is 1.00 bits per heavy atom. The number of nitrogens with one attached hydrogen (secondary N) is 1. The lowest BCUT2D eigenvalue weighted by atomic mass is 10.1. The minimum atomic E-state index is -0.0736. The van der Waals surface area contributed by atoms with Crippen molar-refractivity contribution in [2.45, 2.75) is 18.2 Å². The summed E-state index contributed by atoms with van der Waals surface area (Å²) in [5.74, 6) is 0.559. The van der Waals surface area contributed by atoms with Gasteiger partial charge in [0.15, 0.2) is 0 Å². The summed E-state index contributed by atoms with van der Waals surface area (Å²) < 4.78 is 0. The lowest BCUT2D eigenvalue weighted by Gasteiger charge is -2.25. The minimum absolute atomic E-state index is 0.00497. The zero-order valence-electron chi connectivity index (χ0n) is 18.3. The van der Waals surface area contributed by atoms with E-state index in [1.807, 2.05) is 103 Å². The van der Waals surface area contributed by atoms with E-state index in [9.17, 15) is 9.59 Å². The summed E-state index contributed by atoms with van der Waals surface area (Å²) in [6.07, 6.45) is 1.16. The van der Waals surface area contributed by atoms with Crippen LogP contribution in [0.5, 0.6) is 0 Å². The van der Waals surface area contributed by atoms with Crippen LogP contribution in [-0.2, 0) is 16.0 Å². The molecule has 1 aliphatic rings. The lowest BCUT2D eigenvalue weighted by molar-refractivity contribution is -0.116. The number of aryl methyl sites for hydroxylation is 1. The van der Waals surface area contributed by atoms with E-state index in [1.54, 1.807) is 11.8 Å². The Bertz CT molecular complexity index is 1070. The molecule has 0 aromatic heterocycles. The summed E-state index contributed by atoms with van der Waals surface area (Å²) >= 11 is 1.62. The third-order valence-corrected chi connectivity index (χ3v) is 6.69. The van der Waals surface area contributed by atoms with Gasteiger partial charge < -0.3 is 10.2 Å². The molecule has 1 N–H and O–H groups in total. The fraction of sp³-hybridized carbons (Fsp3) is 0.231. The van der Waals surface area contributed by atoms with Crippen LogP contribution in [0, 0.1) is 0 Å². The van der Waals surface area contributed by atoms with E-state index in [0.29, 0.717) is 18.6 Å². The van der Waals surface area contributed by atoms with Crippen LogP contribution in [0.2, 0.25) is 0 Å². The molecule has 0 unspecified atom stereocenters. The minimum Gasteiger partial charge on any atom is -0.378 e. The highest BCUT2D eigenvalue weighted by atomic mass is 32.2. The smallest absolute Gasteiger partial charge is 0.238 e. The molecule has 32 heavy (non-hydrogen) atoms. The molecule has 1 atom stereocenters. The predicted molar refractivity (Wildman–Crippen MR) is 133 cm³/mol. The van der Waals surface area contributed by atoms with Crippen LogP contribution in [-0.4, -0.2) is 31.7 Å². The summed E-state index contributed by atoms with van der Waals surface area (Å²) in [5, 5.41) is 2.89. The number of thioether (sulfide) groups is 1. The Hall–Kier alpha value is -3.25. The summed E-state index contributed by atoms with van der Waals surface area (Å²) in [5.41, 5.74) is 4.95. The molecule has 0 saturated carbocycles. The molecule has 4 rings (SSSR count). The first-order valence-corrected chi connectivity index (χ1v) is 11.7. The lowest BCUT2D eigenvalue weighted by Crippen LogP contribution is -2.27. The molecule has 3 aromatic rings.